The zero-order valence-electron chi connectivity index (χ0n) is 12.5. The highest BCUT2D eigenvalue weighted by Gasteiger charge is 2.39. The lowest BCUT2D eigenvalue weighted by atomic mass is 10.1. The van der Waals surface area contributed by atoms with Crippen LogP contribution in [-0.2, 0) is 4.79 Å². The summed E-state index contributed by atoms with van der Waals surface area (Å²) >= 11 is 0. The molecule has 21 heavy (non-hydrogen) atoms. The van der Waals surface area contributed by atoms with Crippen LogP contribution in [0.2, 0.25) is 0 Å². The van der Waals surface area contributed by atoms with Gasteiger partial charge in [-0.3, -0.25) is 10.1 Å². The van der Waals surface area contributed by atoms with Gasteiger partial charge >= 0.3 is 0 Å². The van der Waals surface area contributed by atoms with Crippen molar-refractivity contribution in [2.24, 2.45) is 5.92 Å². The van der Waals surface area contributed by atoms with Gasteiger partial charge < -0.3 is 4.90 Å². The Hall–Kier alpha value is -1.42. The molecule has 1 saturated heterocycles. The van der Waals surface area contributed by atoms with Gasteiger partial charge in [0.15, 0.2) is 0 Å². The number of amides is 1. The lowest BCUT2D eigenvalue weighted by Crippen LogP contribution is -2.34. The molecule has 1 aromatic rings. The van der Waals surface area contributed by atoms with Gasteiger partial charge in [0.25, 0.3) is 0 Å². The molecule has 1 N–H and O–H groups in total. The summed E-state index contributed by atoms with van der Waals surface area (Å²) in [7, 11) is 0. The number of hydrogen-bond donors (Lipinski definition) is 1. The molecule has 1 aliphatic heterocycles. The predicted octanol–water partition coefficient (Wildman–Crippen LogP) is 3.22. The molecular formula is C17H23FN2O. The number of nitrogens with zero attached hydrogens (tertiary/aromatic N) is 1. The van der Waals surface area contributed by atoms with Crippen LogP contribution in [0.15, 0.2) is 24.3 Å². The Balaban J connectivity index is 1.83. The molecule has 0 radical (unpaired) electrons. The van der Waals surface area contributed by atoms with E-state index < -0.39 is 0 Å². The van der Waals surface area contributed by atoms with E-state index in [0.717, 1.165) is 18.5 Å². The highest BCUT2D eigenvalue weighted by Crippen LogP contribution is 2.32. The second-order valence-electron chi connectivity index (χ2n) is 6.23. The van der Waals surface area contributed by atoms with Crippen LogP contribution in [0.4, 0.5) is 4.39 Å². The number of rotatable bonds is 4. The Labute approximate surface area is 125 Å². The first-order chi connectivity index (χ1) is 10.2. The van der Waals surface area contributed by atoms with Crippen LogP contribution in [0.25, 0.3) is 0 Å². The summed E-state index contributed by atoms with van der Waals surface area (Å²) in [4.78, 5) is 14.5. The van der Waals surface area contributed by atoms with Crippen molar-refractivity contribution in [2.45, 2.75) is 51.2 Å². The van der Waals surface area contributed by atoms with E-state index in [4.69, 9.17) is 0 Å². The van der Waals surface area contributed by atoms with Crippen LogP contribution in [0, 0.1) is 11.7 Å². The SMILES string of the molecule is CCC1NC(c2cccc(F)c2)N(CC2CCCC2)C1=O. The Morgan fingerprint density at radius 3 is 2.76 bits per heavy atom. The first kappa shape index (κ1) is 14.5. The molecule has 0 spiro atoms. The van der Waals surface area contributed by atoms with Crippen molar-refractivity contribution in [3.63, 3.8) is 0 Å². The van der Waals surface area contributed by atoms with Gasteiger partial charge in [0.05, 0.1) is 6.04 Å². The van der Waals surface area contributed by atoms with E-state index in [2.05, 4.69) is 5.32 Å². The number of carbonyl (C=O) groups excluding carboxylic acids is 1. The summed E-state index contributed by atoms with van der Waals surface area (Å²) in [5.41, 5.74) is 0.845. The second kappa shape index (κ2) is 6.14. The van der Waals surface area contributed by atoms with E-state index in [0.29, 0.717) is 5.92 Å². The van der Waals surface area contributed by atoms with E-state index >= 15 is 0 Å². The minimum Gasteiger partial charge on any atom is -0.321 e. The Bertz CT molecular complexity index is 513. The van der Waals surface area contributed by atoms with Crippen LogP contribution in [0.5, 0.6) is 0 Å². The molecule has 0 aromatic heterocycles. The quantitative estimate of drug-likeness (QED) is 0.923. The van der Waals surface area contributed by atoms with Gasteiger partial charge in [0.2, 0.25) is 5.91 Å². The summed E-state index contributed by atoms with van der Waals surface area (Å²) in [6.45, 7) is 2.81. The van der Waals surface area contributed by atoms with E-state index in [1.807, 2.05) is 17.9 Å². The highest BCUT2D eigenvalue weighted by molar-refractivity contribution is 5.84. The molecule has 1 aromatic carbocycles. The van der Waals surface area contributed by atoms with Crippen LogP contribution >= 0.6 is 0 Å². The first-order valence-electron chi connectivity index (χ1n) is 8.01. The highest BCUT2D eigenvalue weighted by atomic mass is 19.1. The van der Waals surface area contributed by atoms with Crippen molar-refractivity contribution in [2.75, 3.05) is 6.54 Å². The van der Waals surface area contributed by atoms with Gasteiger partial charge in [-0.1, -0.05) is 31.9 Å². The maximum atomic E-state index is 13.5. The van der Waals surface area contributed by atoms with Crippen LogP contribution in [0.3, 0.4) is 0 Å². The molecule has 1 saturated carbocycles. The topological polar surface area (TPSA) is 32.3 Å². The molecule has 2 unspecified atom stereocenters. The van der Waals surface area contributed by atoms with Gasteiger partial charge in [-0.15, -0.1) is 0 Å². The standard InChI is InChI=1S/C17H23FN2O/c1-2-15-17(21)20(11-12-6-3-4-7-12)16(19-15)13-8-5-9-14(18)10-13/h5,8-10,12,15-16,19H,2-4,6-7,11H2,1H3. The number of halogens is 1. The van der Waals surface area contributed by atoms with Crippen molar-refractivity contribution < 1.29 is 9.18 Å². The summed E-state index contributed by atoms with van der Waals surface area (Å²) in [5, 5.41) is 3.37. The van der Waals surface area contributed by atoms with Crippen molar-refractivity contribution in [1.29, 1.82) is 0 Å². The first-order valence-corrected chi connectivity index (χ1v) is 8.01. The smallest absolute Gasteiger partial charge is 0.241 e. The lowest BCUT2D eigenvalue weighted by Gasteiger charge is -2.27. The molecule has 1 aliphatic carbocycles. The molecule has 2 aliphatic rings. The zero-order chi connectivity index (χ0) is 14.8. The average Bonchev–Trinajstić information content (AvgIpc) is 3.09. The van der Waals surface area contributed by atoms with Crippen molar-refractivity contribution in [3.8, 4) is 0 Å². The second-order valence-corrected chi connectivity index (χ2v) is 6.23. The van der Waals surface area contributed by atoms with Crippen molar-refractivity contribution >= 4 is 5.91 Å². The van der Waals surface area contributed by atoms with Gasteiger partial charge in [-0.05, 0) is 42.9 Å². The largest absolute Gasteiger partial charge is 0.321 e. The fraction of sp³-hybridized carbons (Fsp3) is 0.588. The molecule has 1 amide bonds. The maximum absolute atomic E-state index is 13.5. The minimum absolute atomic E-state index is 0.139. The molecular weight excluding hydrogens is 267 g/mol. The minimum atomic E-state index is -0.248. The fourth-order valence-corrected chi connectivity index (χ4v) is 3.59. The molecule has 114 valence electrons. The molecule has 0 bridgehead atoms. The van der Waals surface area contributed by atoms with E-state index in [1.165, 1.54) is 37.8 Å². The summed E-state index contributed by atoms with van der Waals surface area (Å²) in [6.07, 6.45) is 5.53. The third kappa shape index (κ3) is 2.95. The molecule has 3 nitrogen and oxygen atoms in total. The van der Waals surface area contributed by atoms with Crippen LogP contribution < -0.4 is 5.32 Å². The fourth-order valence-electron chi connectivity index (χ4n) is 3.59. The Kier molecular flexibility index (Phi) is 4.24. The van der Waals surface area contributed by atoms with Gasteiger partial charge in [-0.25, -0.2) is 4.39 Å². The summed E-state index contributed by atoms with van der Waals surface area (Å²) in [6, 6.07) is 6.45. The molecule has 2 atom stereocenters. The van der Waals surface area contributed by atoms with Gasteiger partial charge in [-0.2, -0.15) is 0 Å². The van der Waals surface area contributed by atoms with Gasteiger partial charge in [0, 0.05) is 6.54 Å². The molecule has 1 heterocycles. The monoisotopic (exact) mass is 290 g/mol. The van der Waals surface area contributed by atoms with Crippen LogP contribution in [-0.4, -0.2) is 23.4 Å². The summed E-state index contributed by atoms with van der Waals surface area (Å²) < 4.78 is 13.5. The molecule has 4 heteroatoms. The van der Waals surface area contributed by atoms with E-state index in [-0.39, 0.29) is 23.9 Å². The Morgan fingerprint density at radius 1 is 1.33 bits per heavy atom. The average molecular weight is 290 g/mol. The van der Waals surface area contributed by atoms with Gasteiger partial charge in [0.1, 0.15) is 12.0 Å². The van der Waals surface area contributed by atoms with Crippen molar-refractivity contribution in [1.82, 2.24) is 10.2 Å². The normalized spacial score (nSPS) is 26.8. The van der Waals surface area contributed by atoms with E-state index in [9.17, 15) is 9.18 Å². The van der Waals surface area contributed by atoms with Crippen molar-refractivity contribution in [3.05, 3.63) is 35.6 Å². The third-order valence-electron chi connectivity index (χ3n) is 4.75. The molecule has 2 fully saturated rings. The number of nitrogens with one attached hydrogen (secondary N) is 1. The maximum Gasteiger partial charge on any atom is 0.241 e. The summed E-state index contributed by atoms with van der Waals surface area (Å²) in [5.74, 6) is 0.517. The number of carbonyl (C=O) groups is 1. The predicted molar refractivity (Wildman–Crippen MR) is 80.0 cm³/mol. The molecule has 3 rings (SSSR count). The third-order valence-corrected chi connectivity index (χ3v) is 4.75. The lowest BCUT2D eigenvalue weighted by molar-refractivity contribution is -0.130. The number of hydrogen-bond acceptors (Lipinski definition) is 2. The number of benzene rings is 1. The van der Waals surface area contributed by atoms with E-state index in [1.54, 1.807) is 6.07 Å². The zero-order valence-corrected chi connectivity index (χ0v) is 12.5. The van der Waals surface area contributed by atoms with Crippen LogP contribution in [0.1, 0.15) is 50.8 Å². The Morgan fingerprint density at radius 2 is 2.10 bits per heavy atom.